The largest absolute Gasteiger partial charge is 0.310 e. The Balaban J connectivity index is 1.91. The van der Waals surface area contributed by atoms with Crippen LogP contribution in [0.3, 0.4) is 0 Å². The predicted octanol–water partition coefficient (Wildman–Crippen LogP) is 7.75. The minimum atomic E-state index is 1.16. The first-order valence-electron chi connectivity index (χ1n) is 9.71. The molecule has 4 aromatic carbocycles. The van der Waals surface area contributed by atoms with Crippen LogP contribution in [0, 0.1) is 20.8 Å². The van der Waals surface area contributed by atoms with Gasteiger partial charge in [0.2, 0.25) is 0 Å². The van der Waals surface area contributed by atoms with Gasteiger partial charge in [-0.05, 0) is 56.7 Å². The molecule has 0 spiro atoms. The number of nitrogens with zero attached hydrogens (tertiary/aromatic N) is 1. The van der Waals surface area contributed by atoms with Crippen LogP contribution in [-0.4, -0.2) is 0 Å². The van der Waals surface area contributed by atoms with Crippen molar-refractivity contribution < 1.29 is 0 Å². The van der Waals surface area contributed by atoms with E-state index in [1.807, 2.05) is 0 Å². The Bertz CT molecular complexity index is 1010. The lowest BCUT2D eigenvalue weighted by Gasteiger charge is -2.28. The average molecular weight is 364 g/mol. The van der Waals surface area contributed by atoms with Crippen LogP contribution in [0.25, 0.3) is 11.1 Å². The molecule has 1 nitrogen and oxygen atoms in total. The van der Waals surface area contributed by atoms with Gasteiger partial charge in [-0.25, -0.2) is 0 Å². The van der Waals surface area contributed by atoms with Crippen LogP contribution in [0.2, 0.25) is 0 Å². The molecule has 0 saturated carbocycles. The fraction of sp³-hybridized carbons (Fsp3) is 0.111. The second-order valence-electron chi connectivity index (χ2n) is 7.39. The summed E-state index contributed by atoms with van der Waals surface area (Å²) in [6, 6.07) is 34.9. The zero-order valence-electron chi connectivity index (χ0n) is 16.7. The molecular formula is C27H25N. The van der Waals surface area contributed by atoms with Gasteiger partial charge in [-0.2, -0.15) is 0 Å². The van der Waals surface area contributed by atoms with Crippen LogP contribution >= 0.6 is 0 Å². The molecule has 0 N–H and O–H groups in total. The minimum absolute atomic E-state index is 1.16. The lowest BCUT2D eigenvalue weighted by atomic mass is 10.0. The molecule has 0 heterocycles. The van der Waals surface area contributed by atoms with Gasteiger partial charge in [-0.3, -0.25) is 0 Å². The third kappa shape index (κ3) is 3.70. The highest BCUT2D eigenvalue weighted by Crippen LogP contribution is 2.40. The van der Waals surface area contributed by atoms with Crippen LogP contribution in [-0.2, 0) is 0 Å². The molecule has 0 aliphatic carbocycles. The highest BCUT2D eigenvalue weighted by Gasteiger charge is 2.16. The summed E-state index contributed by atoms with van der Waals surface area (Å²) < 4.78 is 0. The molecule has 0 fully saturated rings. The number of benzene rings is 4. The zero-order valence-corrected chi connectivity index (χ0v) is 16.7. The molecule has 0 atom stereocenters. The molecule has 0 unspecified atom stereocenters. The molecule has 0 aromatic heterocycles. The van der Waals surface area contributed by atoms with Crippen molar-refractivity contribution in [3.05, 3.63) is 114 Å². The molecule has 0 bridgehead atoms. The number of aryl methyl sites for hydroxylation is 3. The summed E-state index contributed by atoms with van der Waals surface area (Å²) in [6.07, 6.45) is 0. The van der Waals surface area contributed by atoms with Crippen LogP contribution in [0.4, 0.5) is 17.1 Å². The van der Waals surface area contributed by atoms with E-state index in [4.69, 9.17) is 0 Å². The Morgan fingerprint density at radius 3 is 1.39 bits per heavy atom. The summed E-state index contributed by atoms with van der Waals surface area (Å²) in [6.45, 7) is 6.38. The molecule has 0 saturated heterocycles. The van der Waals surface area contributed by atoms with E-state index in [1.54, 1.807) is 0 Å². The van der Waals surface area contributed by atoms with Crippen molar-refractivity contribution in [1.29, 1.82) is 0 Å². The highest BCUT2D eigenvalue weighted by molar-refractivity contribution is 5.88. The first-order chi connectivity index (χ1) is 13.6. The van der Waals surface area contributed by atoms with Crippen LogP contribution in [0.15, 0.2) is 97.1 Å². The molecule has 0 amide bonds. The zero-order chi connectivity index (χ0) is 19.5. The van der Waals surface area contributed by atoms with Crippen molar-refractivity contribution in [2.45, 2.75) is 20.8 Å². The molecule has 138 valence electrons. The van der Waals surface area contributed by atoms with Gasteiger partial charge in [-0.15, -0.1) is 0 Å². The van der Waals surface area contributed by atoms with Crippen molar-refractivity contribution in [2.24, 2.45) is 0 Å². The molecular weight excluding hydrogens is 338 g/mol. The van der Waals surface area contributed by atoms with Crippen LogP contribution in [0.1, 0.15) is 16.7 Å². The summed E-state index contributed by atoms with van der Waals surface area (Å²) in [5, 5.41) is 0. The maximum Gasteiger partial charge on any atom is 0.0540 e. The summed E-state index contributed by atoms with van der Waals surface area (Å²) in [5.74, 6) is 0. The number of rotatable bonds is 4. The van der Waals surface area contributed by atoms with Gasteiger partial charge in [0.25, 0.3) is 0 Å². The Morgan fingerprint density at radius 2 is 0.893 bits per heavy atom. The maximum atomic E-state index is 2.34. The summed E-state index contributed by atoms with van der Waals surface area (Å²) in [7, 11) is 0. The lowest BCUT2D eigenvalue weighted by Crippen LogP contribution is -2.11. The molecule has 0 aliphatic rings. The van der Waals surface area contributed by atoms with E-state index in [2.05, 4.69) is 123 Å². The summed E-state index contributed by atoms with van der Waals surface area (Å²) in [4.78, 5) is 2.34. The van der Waals surface area contributed by atoms with Crippen LogP contribution < -0.4 is 4.90 Å². The Labute approximate surface area is 167 Å². The molecule has 4 aromatic rings. The lowest BCUT2D eigenvalue weighted by molar-refractivity contribution is 1.27. The summed E-state index contributed by atoms with van der Waals surface area (Å²) >= 11 is 0. The van der Waals surface area contributed by atoms with E-state index in [0.29, 0.717) is 0 Å². The second-order valence-corrected chi connectivity index (χ2v) is 7.39. The van der Waals surface area contributed by atoms with Gasteiger partial charge in [-0.1, -0.05) is 83.4 Å². The third-order valence-electron chi connectivity index (χ3n) is 5.09. The van der Waals surface area contributed by atoms with Crippen molar-refractivity contribution >= 4 is 17.1 Å². The van der Waals surface area contributed by atoms with Crippen molar-refractivity contribution in [3.8, 4) is 11.1 Å². The van der Waals surface area contributed by atoms with E-state index in [1.165, 1.54) is 33.5 Å². The SMILES string of the molecule is Cc1ccc(-c2ccccc2N(c2ccc(C)cc2)c2ccc(C)cc2)cc1. The molecule has 4 rings (SSSR count). The number of anilines is 3. The molecule has 0 aliphatic heterocycles. The van der Waals surface area contributed by atoms with Gasteiger partial charge >= 0.3 is 0 Å². The van der Waals surface area contributed by atoms with Gasteiger partial charge in [0, 0.05) is 16.9 Å². The maximum absolute atomic E-state index is 2.34. The third-order valence-corrected chi connectivity index (χ3v) is 5.09. The first-order valence-corrected chi connectivity index (χ1v) is 9.71. The first kappa shape index (κ1) is 18.1. The van der Waals surface area contributed by atoms with Gasteiger partial charge in [0.05, 0.1) is 5.69 Å². The highest BCUT2D eigenvalue weighted by atomic mass is 15.1. The van der Waals surface area contributed by atoms with E-state index in [-0.39, 0.29) is 0 Å². The second kappa shape index (κ2) is 7.74. The normalized spacial score (nSPS) is 10.7. The fourth-order valence-electron chi connectivity index (χ4n) is 3.46. The average Bonchev–Trinajstić information content (AvgIpc) is 2.72. The Morgan fingerprint density at radius 1 is 0.464 bits per heavy atom. The number of hydrogen-bond donors (Lipinski definition) is 0. The van der Waals surface area contributed by atoms with Crippen molar-refractivity contribution in [2.75, 3.05) is 4.90 Å². The standard InChI is InChI=1S/C27H25N/c1-20-8-14-23(15-9-20)26-6-4-5-7-27(26)28(24-16-10-21(2)11-17-24)25-18-12-22(3)13-19-25/h4-19H,1-3H3. The Kier molecular flexibility index (Phi) is 4.99. The number of hydrogen-bond acceptors (Lipinski definition) is 1. The van der Waals surface area contributed by atoms with E-state index in [0.717, 1.165) is 11.4 Å². The van der Waals surface area contributed by atoms with Gasteiger partial charge in [0.1, 0.15) is 0 Å². The van der Waals surface area contributed by atoms with Gasteiger partial charge in [0.15, 0.2) is 0 Å². The molecule has 0 radical (unpaired) electrons. The van der Waals surface area contributed by atoms with E-state index < -0.39 is 0 Å². The van der Waals surface area contributed by atoms with Crippen LogP contribution in [0.5, 0.6) is 0 Å². The van der Waals surface area contributed by atoms with E-state index >= 15 is 0 Å². The predicted molar refractivity (Wildman–Crippen MR) is 121 cm³/mol. The van der Waals surface area contributed by atoms with Crippen molar-refractivity contribution in [1.82, 2.24) is 0 Å². The van der Waals surface area contributed by atoms with E-state index in [9.17, 15) is 0 Å². The minimum Gasteiger partial charge on any atom is -0.310 e. The summed E-state index contributed by atoms with van der Waals surface area (Å²) in [5.41, 5.74) is 9.75. The van der Waals surface area contributed by atoms with Crippen molar-refractivity contribution in [3.63, 3.8) is 0 Å². The smallest absolute Gasteiger partial charge is 0.0540 e. The topological polar surface area (TPSA) is 3.24 Å². The number of para-hydroxylation sites is 1. The quantitative estimate of drug-likeness (QED) is 0.358. The molecule has 1 heteroatoms. The Hall–Kier alpha value is -3.32. The molecule has 28 heavy (non-hydrogen) atoms. The van der Waals surface area contributed by atoms with Gasteiger partial charge < -0.3 is 4.90 Å². The fourth-order valence-corrected chi connectivity index (χ4v) is 3.46. The monoisotopic (exact) mass is 363 g/mol.